The minimum absolute atomic E-state index is 0.516. The van der Waals surface area contributed by atoms with Gasteiger partial charge in [-0.3, -0.25) is 0 Å². The average molecular weight is 280 g/mol. The van der Waals surface area contributed by atoms with Gasteiger partial charge in [0.2, 0.25) is 0 Å². The molecule has 0 aliphatic heterocycles. The summed E-state index contributed by atoms with van der Waals surface area (Å²) >= 11 is 0. The molecular formula is C19H37N. The zero-order valence-corrected chi connectivity index (χ0v) is 14.4. The van der Waals surface area contributed by atoms with Gasteiger partial charge < -0.3 is 5.32 Å². The zero-order valence-electron chi connectivity index (χ0n) is 14.4. The molecular weight excluding hydrogens is 242 g/mol. The van der Waals surface area contributed by atoms with Gasteiger partial charge in [0, 0.05) is 6.04 Å². The van der Waals surface area contributed by atoms with Gasteiger partial charge in [-0.2, -0.15) is 0 Å². The first-order valence-corrected chi connectivity index (χ1v) is 9.19. The van der Waals surface area contributed by atoms with E-state index < -0.39 is 0 Å². The number of rotatable bonds is 3. The SMILES string of the molecule is CNC(C1CCCCCC1)C1CCC(C(C)(C)C)CC1. The lowest BCUT2D eigenvalue weighted by molar-refractivity contribution is 0.115. The van der Waals surface area contributed by atoms with E-state index in [1.54, 1.807) is 0 Å². The molecule has 0 bridgehead atoms. The highest BCUT2D eigenvalue weighted by molar-refractivity contribution is 4.89. The molecule has 20 heavy (non-hydrogen) atoms. The van der Waals surface area contributed by atoms with Crippen LogP contribution in [-0.4, -0.2) is 13.1 Å². The summed E-state index contributed by atoms with van der Waals surface area (Å²) in [5.41, 5.74) is 0.516. The van der Waals surface area contributed by atoms with Crippen LogP contribution in [0, 0.1) is 23.2 Å². The van der Waals surface area contributed by atoms with Crippen LogP contribution in [0.25, 0.3) is 0 Å². The molecule has 118 valence electrons. The van der Waals surface area contributed by atoms with E-state index in [-0.39, 0.29) is 0 Å². The Balaban J connectivity index is 1.89. The predicted molar refractivity (Wildman–Crippen MR) is 88.9 cm³/mol. The molecule has 0 aromatic carbocycles. The lowest BCUT2D eigenvalue weighted by Crippen LogP contribution is -2.42. The highest BCUT2D eigenvalue weighted by atomic mass is 14.9. The molecule has 1 N–H and O–H groups in total. The molecule has 0 spiro atoms. The van der Waals surface area contributed by atoms with Gasteiger partial charge in [-0.15, -0.1) is 0 Å². The van der Waals surface area contributed by atoms with Crippen molar-refractivity contribution in [2.75, 3.05) is 7.05 Å². The smallest absolute Gasteiger partial charge is 0.0121 e. The average Bonchev–Trinajstić information content (AvgIpc) is 2.68. The van der Waals surface area contributed by atoms with Crippen molar-refractivity contribution in [3.05, 3.63) is 0 Å². The summed E-state index contributed by atoms with van der Waals surface area (Å²) in [6.07, 6.45) is 14.7. The Bertz CT molecular complexity index is 262. The molecule has 1 atom stereocenters. The van der Waals surface area contributed by atoms with E-state index in [2.05, 4.69) is 33.1 Å². The van der Waals surface area contributed by atoms with Crippen LogP contribution in [0.2, 0.25) is 0 Å². The maximum atomic E-state index is 3.72. The summed E-state index contributed by atoms with van der Waals surface area (Å²) in [5, 5.41) is 3.72. The number of hydrogen-bond acceptors (Lipinski definition) is 1. The molecule has 2 saturated carbocycles. The van der Waals surface area contributed by atoms with Crippen molar-refractivity contribution in [3.8, 4) is 0 Å². The Labute approximate surface area is 127 Å². The minimum atomic E-state index is 0.516. The Morgan fingerprint density at radius 2 is 1.25 bits per heavy atom. The third-order valence-corrected chi connectivity index (χ3v) is 6.25. The van der Waals surface area contributed by atoms with Crippen LogP contribution in [0.3, 0.4) is 0 Å². The Morgan fingerprint density at radius 1 is 0.750 bits per heavy atom. The van der Waals surface area contributed by atoms with E-state index in [1.165, 1.54) is 64.2 Å². The van der Waals surface area contributed by atoms with E-state index in [0.29, 0.717) is 5.41 Å². The maximum Gasteiger partial charge on any atom is 0.0121 e. The molecule has 1 unspecified atom stereocenters. The topological polar surface area (TPSA) is 12.0 Å². The normalized spacial score (nSPS) is 31.8. The molecule has 2 fully saturated rings. The molecule has 1 nitrogen and oxygen atoms in total. The quantitative estimate of drug-likeness (QED) is 0.682. The van der Waals surface area contributed by atoms with Crippen molar-refractivity contribution in [2.45, 2.75) is 91.0 Å². The molecule has 1 heteroatoms. The van der Waals surface area contributed by atoms with Crippen molar-refractivity contribution >= 4 is 0 Å². The van der Waals surface area contributed by atoms with Crippen LogP contribution < -0.4 is 5.32 Å². The van der Waals surface area contributed by atoms with Crippen molar-refractivity contribution < 1.29 is 0 Å². The molecule has 0 radical (unpaired) electrons. The van der Waals surface area contributed by atoms with E-state index in [0.717, 1.165) is 23.8 Å². The Hall–Kier alpha value is -0.0400. The second-order valence-corrected chi connectivity index (χ2v) is 8.54. The van der Waals surface area contributed by atoms with Gasteiger partial charge in [-0.05, 0) is 68.7 Å². The van der Waals surface area contributed by atoms with Gasteiger partial charge in [0.1, 0.15) is 0 Å². The molecule has 2 rings (SSSR count). The van der Waals surface area contributed by atoms with Crippen molar-refractivity contribution in [1.82, 2.24) is 5.32 Å². The first-order chi connectivity index (χ1) is 9.52. The van der Waals surface area contributed by atoms with E-state index in [9.17, 15) is 0 Å². The van der Waals surface area contributed by atoms with Crippen LogP contribution in [0.4, 0.5) is 0 Å². The van der Waals surface area contributed by atoms with Gasteiger partial charge in [0.25, 0.3) is 0 Å². The van der Waals surface area contributed by atoms with Gasteiger partial charge >= 0.3 is 0 Å². The van der Waals surface area contributed by atoms with Crippen molar-refractivity contribution in [2.24, 2.45) is 23.2 Å². The van der Waals surface area contributed by atoms with Gasteiger partial charge in [-0.1, -0.05) is 46.5 Å². The first-order valence-electron chi connectivity index (χ1n) is 9.19. The van der Waals surface area contributed by atoms with Crippen molar-refractivity contribution in [3.63, 3.8) is 0 Å². The zero-order chi connectivity index (χ0) is 14.6. The fourth-order valence-corrected chi connectivity index (χ4v) is 4.87. The van der Waals surface area contributed by atoms with Gasteiger partial charge in [0.15, 0.2) is 0 Å². The van der Waals surface area contributed by atoms with Crippen LogP contribution in [0.1, 0.15) is 85.0 Å². The van der Waals surface area contributed by atoms with Gasteiger partial charge in [0.05, 0.1) is 0 Å². The van der Waals surface area contributed by atoms with Crippen LogP contribution >= 0.6 is 0 Å². The monoisotopic (exact) mass is 279 g/mol. The van der Waals surface area contributed by atoms with E-state index in [1.807, 2.05) is 0 Å². The number of hydrogen-bond donors (Lipinski definition) is 1. The standard InChI is InChI=1S/C19H37N/c1-19(2,3)17-13-11-16(12-14-17)18(20-4)15-9-7-5-6-8-10-15/h15-18,20H,5-14H2,1-4H3. The van der Waals surface area contributed by atoms with Crippen LogP contribution in [-0.2, 0) is 0 Å². The van der Waals surface area contributed by atoms with Crippen LogP contribution in [0.15, 0.2) is 0 Å². The first kappa shape index (κ1) is 16.3. The minimum Gasteiger partial charge on any atom is -0.316 e. The molecule has 0 amide bonds. The summed E-state index contributed by atoms with van der Waals surface area (Å²) in [4.78, 5) is 0. The summed E-state index contributed by atoms with van der Waals surface area (Å²) < 4.78 is 0. The van der Waals surface area contributed by atoms with E-state index in [4.69, 9.17) is 0 Å². The molecule has 0 aromatic heterocycles. The highest BCUT2D eigenvalue weighted by Crippen LogP contribution is 2.42. The second kappa shape index (κ2) is 7.29. The summed E-state index contributed by atoms with van der Waals surface area (Å²) in [6, 6.07) is 0.800. The van der Waals surface area contributed by atoms with Crippen LogP contribution in [0.5, 0.6) is 0 Å². The largest absolute Gasteiger partial charge is 0.316 e. The summed E-state index contributed by atoms with van der Waals surface area (Å²) in [5.74, 6) is 2.85. The molecule has 0 saturated heterocycles. The van der Waals surface area contributed by atoms with E-state index >= 15 is 0 Å². The molecule has 0 heterocycles. The third-order valence-electron chi connectivity index (χ3n) is 6.25. The van der Waals surface area contributed by atoms with Crippen molar-refractivity contribution in [1.29, 1.82) is 0 Å². The Morgan fingerprint density at radius 3 is 1.70 bits per heavy atom. The second-order valence-electron chi connectivity index (χ2n) is 8.54. The fraction of sp³-hybridized carbons (Fsp3) is 1.00. The maximum absolute atomic E-state index is 3.72. The molecule has 2 aliphatic rings. The predicted octanol–water partition coefficient (Wildman–Crippen LogP) is 5.40. The summed E-state index contributed by atoms with van der Waals surface area (Å²) in [7, 11) is 2.21. The lowest BCUT2D eigenvalue weighted by atomic mass is 9.67. The highest BCUT2D eigenvalue weighted by Gasteiger charge is 2.35. The molecule has 2 aliphatic carbocycles. The lowest BCUT2D eigenvalue weighted by Gasteiger charge is -2.41. The summed E-state index contributed by atoms with van der Waals surface area (Å²) in [6.45, 7) is 7.29. The molecule has 0 aromatic rings. The van der Waals surface area contributed by atoms with Gasteiger partial charge in [-0.25, -0.2) is 0 Å². The Kier molecular flexibility index (Phi) is 5.95. The fourth-order valence-electron chi connectivity index (χ4n) is 4.87. The number of nitrogens with one attached hydrogen (secondary N) is 1. The third kappa shape index (κ3) is 4.23.